The van der Waals surface area contributed by atoms with Crippen molar-refractivity contribution in [1.82, 2.24) is 4.98 Å². The summed E-state index contributed by atoms with van der Waals surface area (Å²) in [6, 6.07) is 0. The maximum absolute atomic E-state index is 11.1. The summed E-state index contributed by atoms with van der Waals surface area (Å²) < 4.78 is 4.87. The zero-order valence-corrected chi connectivity index (χ0v) is 7.69. The molecule has 0 N–H and O–H groups in total. The van der Waals surface area contributed by atoms with Crippen molar-refractivity contribution >= 4 is 17.3 Å². The maximum Gasteiger partial charge on any atom is 0.367 e. The molecule has 1 aromatic heterocycles. The number of aromatic nitrogens is 1. The van der Waals surface area contributed by atoms with Gasteiger partial charge in [-0.05, 0) is 13.3 Å². The minimum absolute atomic E-state index is 0.350. The largest absolute Gasteiger partial charge is 0.460 e. The molecule has 65 valence electrons. The van der Waals surface area contributed by atoms with Crippen LogP contribution in [0.4, 0.5) is 0 Å². The van der Waals surface area contributed by atoms with Gasteiger partial charge in [-0.2, -0.15) is 0 Å². The SMILES string of the molecule is [CH2]c1cnc(C(=O)OCCC)s1. The van der Waals surface area contributed by atoms with E-state index in [2.05, 4.69) is 11.9 Å². The Morgan fingerprint density at radius 2 is 2.58 bits per heavy atom. The molecule has 0 spiro atoms. The average Bonchev–Trinajstić information content (AvgIpc) is 2.47. The molecule has 4 heteroatoms. The van der Waals surface area contributed by atoms with Gasteiger partial charge >= 0.3 is 5.97 Å². The molecule has 1 aromatic rings. The van der Waals surface area contributed by atoms with Gasteiger partial charge in [0.25, 0.3) is 0 Å². The van der Waals surface area contributed by atoms with Crippen molar-refractivity contribution in [3.05, 3.63) is 23.0 Å². The molecule has 3 nitrogen and oxygen atoms in total. The summed E-state index contributed by atoms with van der Waals surface area (Å²) in [6.45, 7) is 6.05. The molecule has 0 aliphatic carbocycles. The Kier molecular flexibility index (Phi) is 3.22. The van der Waals surface area contributed by atoms with E-state index in [-0.39, 0.29) is 5.97 Å². The van der Waals surface area contributed by atoms with Crippen LogP contribution in [0.25, 0.3) is 0 Å². The van der Waals surface area contributed by atoms with E-state index >= 15 is 0 Å². The Bertz CT molecular complexity index is 270. The average molecular weight is 184 g/mol. The van der Waals surface area contributed by atoms with Crippen LogP contribution in [0.1, 0.15) is 28.0 Å². The van der Waals surface area contributed by atoms with E-state index in [0.717, 1.165) is 11.3 Å². The van der Waals surface area contributed by atoms with Crippen molar-refractivity contribution in [2.45, 2.75) is 13.3 Å². The van der Waals surface area contributed by atoms with E-state index in [9.17, 15) is 4.79 Å². The van der Waals surface area contributed by atoms with E-state index in [0.29, 0.717) is 11.6 Å². The van der Waals surface area contributed by atoms with E-state index in [1.54, 1.807) is 6.20 Å². The highest BCUT2D eigenvalue weighted by Crippen LogP contribution is 2.11. The fourth-order valence-electron chi connectivity index (χ4n) is 0.658. The summed E-state index contributed by atoms with van der Waals surface area (Å²) >= 11 is 1.25. The Morgan fingerprint density at radius 3 is 3.08 bits per heavy atom. The lowest BCUT2D eigenvalue weighted by atomic mass is 10.5. The van der Waals surface area contributed by atoms with Gasteiger partial charge in [0.1, 0.15) is 0 Å². The quantitative estimate of drug-likeness (QED) is 0.673. The lowest BCUT2D eigenvalue weighted by molar-refractivity contribution is 0.0504. The first-order valence-electron chi connectivity index (χ1n) is 3.69. The van der Waals surface area contributed by atoms with Crippen LogP contribution in [0, 0.1) is 6.92 Å². The van der Waals surface area contributed by atoms with Gasteiger partial charge in [0.15, 0.2) is 0 Å². The number of ether oxygens (including phenoxy) is 1. The third-order valence-electron chi connectivity index (χ3n) is 1.17. The van der Waals surface area contributed by atoms with Gasteiger partial charge in [-0.3, -0.25) is 0 Å². The molecule has 0 aliphatic heterocycles. The fraction of sp³-hybridized carbons (Fsp3) is 0.375. The highest BCUT2D eigenvalue weighted by Gasteiger charge is 2.09. The molecule has 0 saturated carbocycles. The van der Waals surface area contributed by atoms with Crippen LogP contribution in [-0.4, -0.2) is 17.6 Å². The first-order valence-corrected chi connectivity index (χ1v) is 4.50. The third-order valence-corrected chi connectivity index (χ3v) is 2.00. The normalized spacial score (nSPS) is 9.83. The fourth-order valence-corrected chi connectivity index (χ4v) is 1.26. The second kappa shape index (κ2) is 4.21. The second-order valence-corrected chi connectivity index (χ2v) is 3.38. The monoisotopic (exact) mass is 184 g/mol. The molecule has 0 aliphatic rings. The van der Waals surface area contributed by atoms with Gasteiger partial charge in [-0.1, -0.05) is 6.92 Å². The highest BCUT2D eigenvalue weighted by atomic mass is 32.1. The van der Waals surface area contributed by atoms with Crippen molar-refractivity contribution < 1.29 is 9.53 Å². The first-order chi connectivity index (χ1) is 5.74. The molecule has 1 heterocycles. The summed E-state index contributed by atoms with van der Waals surface area (Å²) in [4.78, 5) is 15.7. The van der Waals surface area contributed by atoms with Crippen molar-refractivity contribution in [1.29, 1.82) is 0 Å². The number of nitrogens with zero attached hydrogens (tertiary/aromatic N) is 1. The van der Waals surface area contributed by atoms with Gasteiger partial charge < -0.3 is 4.74 Å². The summed E-state index contributed by atoms with van der Waals surface area (Å²) in [5, 5.41) is 0.383. The molecule has 1 radical (unpaired) electrons. The molecule has 0 aromatic carbocycles. The lowest BCUT2D eigenvalue weighted by Gasteiger charge is -1.97. The summed E-state index contributed by atoms with van der Waals surface area (Å²) in [7, 11) is 0. The molecular formula is C8H10NO2S. The number of hydrogen-bond acceptors (Lipinski definition) is 4. The summed E-state index contributed by atoms with van der Waals surface area (Å²) in [6.07, 6.45) is 2.39. The van der Waals surface area contributed by atoms with E-state index in [4.69, 9.17) is 4.74 Å². The van der Waals surface area contributed by atoms with Crippen molar-refractivity contribution in [2.24, 2.45) is 0 Å². The molecule has 0 amide bonds. The Balaban J connectivity index is 2.53. The highest BCUT2D eigenvalue weighted by molar-refractivity contribution is 7.13. The molecule has 0 saturated heterocycles. The van der Waals surface area contributed by atoms with Gasteiger partial charge in [-0.15, -0.1) is 11.3 Å². The predicted molar refractivity (Wildman–Crippen MR) is 47.1 cm³/mol. The zero-order chi connectivity index (χ0) is 8.97. The third kappa shape index (κ3) is 2.30. The van der Waals surface area contributed by atoms with Gasteiger partial charge in [0.2, 0.25) is 5.01 Å². The van der Waals surface area contributed by atoms with Gasteiger partial charge in [-0.25, -0.2) is 9.78 Å². The number of carbonyl (C=O) groups excluding carboxylic acids is 1. The summed E-state index contributed by atoms with van der Waals surface area (Å²) in [5.74, 6) is -0.350. The van der Waals surface area contributed by atoms with Crippen molar-refractivity contribution in [2.75, 3.05) is 6.61 Å². The predicted octanol–water partition coefficient (Wildman–Crippen LogP) is 1.89. The number of esters is 1. The van der Waals surface area contributed by atoms with Crippen LogP contribution in [0.15, 0.2) is 6.20 Å². The topological polar surface area (TPSA) is 39.2 Å². The standard InChI is InChI=1S/C8H10NO2S/c1-3-4-11-8(10)7-9-5-6(2)12-7/h5H,2-4H2,1H3. The Morgan fingerprint density at radius 1 is 1.83 bits per heavy atom. The molecule has 0 fully saturated rings. The minimum Gasteiger partial charge on any atom is -0.460 e. The number of carbonyl (C=O) groups is 1. The molecule has 0 bridgehead atoms. The Hall–Kier alpha value is -0.900. The smallest absolute Gasteiger partial charge is 0.367 e. The summed E-state index contributed by atoms with van der Waals surface area (Å²) in [5.41, 5.74) is 0. The Labute approximate surface area is 75.4 Å². The molecule has 0 atom stereocenters. The van der Waals surface area contributed by atoms with Gasteiger partial charge in [0.05, 0.1) is 6.61 Å². The van der Waals surface area contributed by atoms with Gasteiger partial charge in [0, 0.05) is 11.1 Å². The molecule has 0 unspecified atom stereocenters. The molecule has 1 rings (SSSR count). The molecule has 12 heavy (non-hydrogen) atoms. The number of thiazole rings is 1. The lowest BCUT2D eigenvalue weighted by Crippen LogP contribution is -2.04. The van der Waals surface area contributed by atoms with Crippen molar-refractivity contribution in [3.63, 3.8) is 0 Å². The number of hydrogen-bond donors (Lipinski definition) is 0. The first kappa shape index (κ1) is 9.19. The maximum atomic E-state index is 11.1. The van der Waals surface area contributed by atoms with Crippen LogP contribution in [0.5, 0.6) is 0 Å². The molecular weight excluding hydrogens is 174 g/mol. The van der Waals surface area contributed by atoms with Crippen LogP contribution in [0.3, 0.4) is 0 Å². The number of rotatable bonds is 3. The van der Waals surface area contributed by atoms with Crippen LogP contribution < -0.4 is 0 Å². The second-order valence-electron chi connectivity index (χ2n) is 2.27. The van der Waals surface area contributed by atoms with E-state index in [1.807, 2.05) is 6.92 Å². The van der Waals surface area contributed by atoms with E-state index < -0.39 is 0 Å². The minimum atomic E-state index is -0.350. The van der Waals surface area contributed by atoms with Crippen molar-refractivity contribution in [3.8, 4) is 0 Å². The van der Waals surface area contributed by atoms with Crippen LogP contribution in [-0.2, 0) is 4.74 Å². The van der Waals surface area contributed by atoms with E-state index in [1.165, 1.54) is 11.3 Å². The zero-order valence-electron chi connectivity index (χ0n) is 6.87. The van der Waals surface area contributed by atoms with Crippen LogP contribution >= 0.6 is 11.3 Å². The van der Waals surface area contributed by atoms with Crippen LogP contribution in [0.2, 0.25) is 0 Å².